The lowest BCUT2D eigenvalue weighted by molar-refractivity contribution is 0.0501. The van der Waals surface area contributed by atoms with Crippen LogP contribution in [0.25, 0.3) is 0 Å². The van der Waals surface area contributed by atoms with Crippen LogP contribution in [0.3, 0.4) is 0 Å². The Morgan fingerprint density at radius 2 is 1.75 bits per heavy atom. The third-order valence-corrected chi connectivity index (χ3v) is 4.08. The molecule has 0 saturated carbocycles. The summed E-state index contributed by atoms with van der Waals surface area (Å²) >= 11 is 0. The summed E-state index contributed by atoms with van der Waals surface area (Å²) in [4.78, 5) is 24.5. The topological polar surface area (TPSA) is 76.7 Å². The van der Waals surface area contributed by atoms with Crippen LogP contribution < -0.4 is 15.4 Å². The van der Waals surface area contributed by atoms with E-state index in [0.29, 0.717) is 37.4 Å². The molecular weight excluding hydrogens is 356 g/mol. The standard InChI is InChI=1S/C22H28N2O4/c1-3-5-16-28-21(25)18-11-7-8-12-19(18)24-22(26)23-15-14-17-10-6-9-13-20(17)27-4-2/h6-13H,3-5,14-16H2,1-2H3,(H2,23,24,26). The normalized spacial score (nSPS) is 10.2. The van der Waals surface area contributed by atoms with Crippen molar-refractivity contribution in [1.82, 2.24) is 5.32 Å². The van der Waals surface area contributed by atoms with E-state index in [1.165, 1.54) is 0 Å². The van der Waals surface area contributed by atoms with Gasteiger partial charge in [-0.25, -0.2) is 9.59 Å². The quantitative estimate of drug-likeness (QED) is 0.470. The van der Waals surface area contributed by atoms with Gasteiger partial charge in [0.05, 0.1) is 24.5 Å². The first-order valence-corrected chi connectivity index (χ1v) is 9.67. The molecule has 0 heterocycles. The first kappa shape index (κ1) is 21.3. The second-order valence-electron chi connectivity index (χ2n) is 6.21. The molecule has 0 aliphatic carbocycles. The lowest BCUT2D eigenvalue weighted by Crippen LogP contribution is -2.31. The number of carbonyl (C=O) groups is 2. The molecule has 0 radical (unpaired) electrons. The Bertz CT molecular complexity index is 777. The van der Waals surface area contributed by atoms with Crippen LogP contribution in [0.15, 0.2) is 48.5 Å². The second kappa shape index (κ2) is 11.6. The summed E-state index contributed by atoms with van der Waals surface area (Å²) in [7, 11) is 0. The van der Waals surface area contributed by atoms with Crippen LogP contribution in [0.5, 0.6) is 5.75 Å². The number of benzene rings is 2. The van der Waals surface area contributed by atoms with Crippen molar-refractivity contribution >= 4 is 17.7 Å². The van der Waals surface area contributed by atoms with Gasteiger partial charge in [0.15, 0.2) is 0 Å². The zero-order chi connectivity index (χ0) is 20.2. The molecule has 0 bridgehead atoms. The molecule has 2 aromatic rings. The fourth-order valence-corrected chi connectivity index (χ4v) is 2.64. The van der Waals surface area contributed by atoms with Crippen LogP contribution in [0.1, 0.15) is 42.6 Å². The van der Waals surface area contributed by atoms with Gasteiger partial charge in [-0.3, -0.25) is 0 Å². The van der Waals surface area contributed by atoms with Crippen LogP contribution in [0.2, 0.25) is 0 Å². The summed E-state index contributed by atoms with van der Waals surface area (Å²) in [6.45, 7) is 5.37. The van der Waals surface area contributed by atoms with Crippen LogP contribution in [0.4, 0.5) is 10.5 Å². The van der Waals surface area contributed by atoms with E-state index in [-0.39, 0.29) is 6.03 Å². The smallest absolute Gasteiger partial charge is 0.340 e. The van der Waals surface area contributed by atoms with E-state index in [0.717, 1.165) is 24.2 Å². The zero-order valence-corrected chi connectivity index (χ0v) is 16.5. The first-order chi connectivity index (χ1) is 13.7. The highest BCUT2D eigenvalue weighted by molar-refractivity contribution is 6.00. The van der Waals surface area contributed by atoms with Gasteiger partial charge in [0.25, 0.3) is 0 Å². The van der Waals surface area contributed by atoms with Crippen LogP contribution >= 0.6 is 0 Å². The Morgan fingerprint density at radius 1 is 1.00 bits per heavy atom. The van der Waals surface area contributed by atoms with Gasteiger partial charge in [-0.15, -0.1) is 0 Å². The van der Waals surface area contributed by atoms with E-state index in [2.05, 4.69) is 10.6 Å². The highest BCUT2D eigenvalue weighted by Gasteiger charge is 2.14. The van der Waals surface area contributed by atoms with E-state index in [4.69, 9.17) is 9.47 Å². The number of carbonyl (C=O) groups excluding carboxylic acids is 2. The Kier molecular flexibility index (Phi) is 8.85. The third kappa shape index (κ3) is 6.61. The summed E-state index contributed by atoms with van der Waals surface area (Å²) < 4.78 is 10.8. The molecule has 0 unspecified atom stereocenters. The Morgan fingerprint density at radius 3 is 2.54 bits per heavy atom. The average molecular weight is 384 g/mol. The predicted octanol–water partition coefficient (Wildman–Crippen LogP) is 4.41. The molecule has 6 nitrogen and oxygen atoms in total. The number of rotatable bonds is 10. The number of amides is 2. The summed E-state index contributed by atoms with van der Waals surface area (Å²) in [6.07, 6.45) is 2.40. The molecule has 0 aliphatic rings. The van der Waals surface area contributed by atoms with Crippen molar-refractivity contribution in [3.05, 3.63) is 59.7 Å². The maximum absolute atomic E-state index is 12.2. The number of esters is 1. The Hall–Kier alpha value is -3.02. The largest absolute Gasteiger partial charge is 0.494 e. The highest BCUT2D eigenvalue weighted by Crippen LogP contribution is 2.18. The molecule has 150 valence electrons. The molecule has 2 rings (SSSR count). The summed E-state index contributed by atoms with van der Waals surface area (Å²) in [6, 6.07) is 14.2. The minimum absolute atomic E-state index is 0.343. The average Bonchev–Trinajstić information content (AvgIpc) is 2.70. The summed E-state index contributed by atoms with van der Waals surface area (Å²) in [5.74, 6) is 0.391. The van der Waals surface area contributed by atoms with Crippen LogP contribution in [-0.4, -0.2) is 31.8 Å². The molecule has 0 saturated heterocycles. The Balaban J connectivity index is 1.89. The fourth-order valence-electron chi connectivity index (χ4n) is 2.64. The fraction of sp³-hybridized carbons (Fsp3) is 0.364. The Labute approximate surface area is 166 Å². The van der Waals surface area contributed by atoms with Gasteiger partial charge in [-0.05, 0) is 43.5 Å². The van der Waals surface area contributed by atoms with E-state index >= 15 is 0 Å². The minimum Gasteiger partial charge on any atom is -0.494 e. The molecule has 0 fully saturated rings. The number of hydrogen-bond donors (Lipinski definition) is 2. The number of hydrogen-bond acceptors (Lipinski definition) is 4. The lowest BCUT2D eigenvalue weighted by Gasteiger charge is -2.13. The SMILES string of the molecule is CCCCOC(=O)c1ccccc1NC(=O)NCCc1ccccc1OCC. The van der Waals surface area contributed by atoms with Crippen molar-refractivity contribution in [2.75, 3.05) is 25.1 Å². The van der Waals surface area contributed by atoms with Gasteiger partial charge < -0.3 is 20.1 Å². The van der Waals surface area contributed by atoms with Gasteiger partial charge in [-0.1, -0.05) is 43.7 Å². The number of ether oxygens (including phenoxy) is 2. The highest BCUT2D eigenvalue weighted by atomic mass is 16.5. The van der Waals surface area contributed by atoms with Crippen LogP contribution in [0, 0.1) is 0 Å². The van der Waals surface area contributed by atoms with Gasteiger partial charge in [0, 0.05) is 6.54 Å². The number of anilines is 1. The molecular formula is C22H28N2O4. The second-order valence-corrected chi connectivity index (χ2v) is 6.21. The van der Waals surface area contributed by atoms with Crippen molar-refractivity contribution in [2.45, 2.75) is 33.1 Å². The molecule has 2 aromatic carbocycles. The predicted molar refractivity (Wildman–Crippen MR) is 110 cm³/mol. The molecule has 2 N–H and O–H groups in total. The number of nitrogens with one attached hydrogen (secondary N) is 2. The van der Waals surface area contributed by atoms with Crippen molar-refractivity contribution < 1.29 is 19.1 Å². The van der Waals surface area contributed by atoms with Crippen molar-refractivity contribution in [1.29, 1.82) is 0 Å². The third-order valence-electron chi connectivity index (χ3n) is 4.08. The van der Waals surface area contributed by atoms with Gasteiger partial charge in [0.2, 0.25) is 0 Å². The monoisotopic (exact) mass is 384 g/mol. The van der Waals surface area contributed by atoms with Gasteiger partial charge in [-0.2, -0.15) is 0 Å². The lowest BCUT2D eigenvalue weighted by atomic mass is 10.1. The first-order valence-electron chi connectivity index (χ1n) is 9.67. The van der Waals surface area contributed by atoms with Gasteiger partial charge >= 0.3 is 12.0 Å². The summed E-state index contributed by atoms with van der Waals surface area (Å²) in [5, 5.41) is 5.54. The van der Waals surface area contributed by atoms with Crippen LogP contribution in [-0.2, 0) is 11.2 Å². The molecule has 2 amide bonds. The number of unbranched alkanes of at least 4 members (excludes halogenated alkanes) is 1. The van der Waals surface area contributed by atoms with Gasteiger partial charge in [0.1, 0.15) is 5.75 Å². The molecule has 0 aliphatic heterocycles. The number of urea groups is 1. The minimum atomic E-state index is -0.435. The van der Waals surface area contributed by atoms with Crippen molar-refractivity contribution in [3.8, 4) is 5.75 Å². The van der Waals surface area contributed by atoms with E-state index in [1.54, 1.807) is 24.3 Å². The van der Waals surface area contributed by atoms with E-state index < -0.39 is 5.97 Å². The molecule has 0 aromatic heterocycles. The van der Waals surface area contributed by atoms with E-state index in [1.807, 2.05) is 38.1 Å². The number of para-hydroxylation sites is 2. The molecule has 28 heavy (non-hydrogen) atoms. The van der Waals surface area contributed by atoms with Crippen molar-refractivity contribution in [3.63, 3.8) is 0 Å². The molecule has 0 spiro atoms. The zero-order valence-electron chi connectivity index (χ0n) is 16.5. The summed E-state index contributed by atoms with van der Waals surface area (Å²) in [5.41, 5.74) is 1.80. The van der Waals surface area contributed by atoms with Crippen molar-refractivity contribution in [2.24, 2.45) is 0 Å². The maximum atomic E-state index is 12.2. The maximum Gasteiger partial charge on any atom is 0.340 e. The molecule has 6 heteroatoms. The van der Waals surface area contributed by atoms with E-state index in [9.17, 15) is 9.59 Å². The molecule has 0 atom stereocenters.